The number of aryl methyl sites for hydroxylation is 1. The van der Waals surface area contributed by atoms with Crippen molar-refractivity contribution in [1.82, 2.24) is 15.0 Å². The first kappa shape index (κ1) is 14.2. The van der Waals surface area contributed by atoms with E-state index in [1.807, 2.05) is 26.2 Å². The predicted octanol–water partition coefficient (Wildman–Crippen LogP) is 2.95. The third-order valence-electron chi connectivity index (χ3n) is 4.31. The van der Waals surface area contributed by atoms with E-state index in [4.69, 9.17) is 4.74 Å². The van der Waals surface area contributed by atoms with Crippen molar-refractivity contribution < 1.29 is 4.74 Å². The Balaban J connectivity index is 1.63. The zero-order chi connectivity index (χ0) is 14.7. The van der Waals surface area contributed by atoms with Gasteiger partial charge in [-0.3, -0.25) is 4.98 Å². The second-order valence-corrected chi connectivity index (χ2v) is 5.76. The molecule has 0 spiro atoms. The summed E-state index contributed by atoms with van der Waals surface area (Å²) in [7, 11) is 1.81. The minimum absolute atomic E-state index is 0.450. The summed E-state index contributed by atoms with van der Waals surface area (Å²) in [5, 5.41) is 3.39. The highest BCUT2D eigenvalue weighted by Crippen LogP contribution is 2.26. The van der Waals surface area contributed by atoms with Crippen LogP contribution in [0.2, 0.25) is 0 Å². The van der Waals surface area contributed by atoms with E-state index in [0.717, 1.165) is 36.1 Å². The maximum absolute atomic E-state index is 5.41. The van der Waals surface area contributed by atoms with Crippen LogP contribution in [0.15, 0.2) is 18.3 Å². The number of nitrogens with zero attached hydrogens (tertiary/aromatic N) is 3. The van der Waals surface area contributed by atoms with Crippen molar-refractivity contribution in [3.8, 4) is 0 Å². The second-order valence-electron chi connectivity index (χ2n) is 5.76. The molecule has 1 fully saturated rings. The smallest absolute Gasteiger partial charge is 0.223 e. The number of pyridine rings is 1. The average Bonchev–Trinajstić information content (AvgIpc) is 2.53. The van der Waals surface area contributed by atoms with Crippen LogP contribution in [0.5, 0.6) is 0 Å². The van der Waals surface area contributed by atoms with Crippen LogP contribution in [-0.4, -0.2) is 34.7 Å². The Morgan fingerprint density at radius 2 is 2.05 bits per heavy atom. The Bertz CT molecular complexity index is 608. The molecule has 0 radical (unpaired) electrons. The molecule has 1 saturated carbocycles. The molecule has 0 saturated heterocycles. The van der Waals surface area contributed by atoms with Gasteiger partial charge in [0.25, 0.3) is 0 Å². The van der Waals surface area contributed by atoms with Crippen LogP contribution < -0.4 is 5.32 Å². The first-order chi connectivity index (χ1) is 10.3. The van der Waals surface area contributed by atoms with E-state index in [-0.39, 0.29) is 0 Å². The van der Waals surface area contributed by atoms with Crippen molar-refractivity contribution in [2.45, 2.75) is 38.7 Å². The van der Waals surface area contributed by atoms with Gasteiger partial charge in [-0.15, -0.1) is 0 Å². The molecule has 112 valence electrons. The van der Waals surface area contributed by atoms with Gasteiger partial charge in [0.2, 0.25) is 5.95 Å². The van der Waals surface area contributed by atoms with Gasteiger partial charge in [0.05, 0.1) is 17.3 Å². The highest BCUT2D eigenvalue weighted by molar-refractivity contribution is 5.77. The minimum atomic E-state index is 0.450. The second kappa shape index (κ2) is 6.35. The zero-order valence-corrected chi connectivity index (χ0v) is 12.7. The van der Waals surface area contributed by atoms with Gasteiger partial charge in [-0.1, -0.05) is 0 Å². The summed E-state index contributed by atoms with van der Waals surface area (Å²) >= 11 is 0. The van der Waals surface area contributed by atoms with E-state index >= 15 is 0 Å². The summed E-state index contributed by atoms with van der Waals surface area (Å²) in [4.78, 5) is 13.4. The Hall–Kier alpha value is -1.75. The monoisotopic (exact) mass is 286 g/mol. The first-order valence-electron chi connectivity index (χ1n) is 7.62. The fraction of sp³-hybridized carbons (Fsp3) is 0.562. The van der Waals surface area contributed by atoms with Gasteiger partial charge in [-0.2, -0.15) is 0 Å². The summed E-state index contributed by atoms with van der Waals surface area (Å²) in [5.41, 5.74) is 2.70. The zero-order valence-electron chi connectivity index (χ0n) is 12.7. The lowest BCUT2D eigenvalue weighted by molar-refractivity contribution is 0.0585. The molecule has 0 amide bonds. The lowest BCUT2D eigenvalue weighted by Crippen LogP contribution is -2.25. The fourth-order valence-electron chi connectivity index (χ4n) is 3.00. The molecule has 5 heteroatoms. The lowest BCUT2D eigenvalue weighted by Gasteiger charge is -2.27. The van der Waals surface area contributed by atoms with Crippen molar-refractivity contribution in [2.24, 2.45) is 5.92 Å². The molecule has 0 aliphatic heterocycles. The van der Waals surface area contributed by atoms with Gasteiger partial charge < -0.3 is 10.1 Å². The Morgan fingerprint density at radius 3 is 2.81 bits per heavy atom. The lowest BCUT2D eigenvalue weighted by atomic mass is 9.87. The van der Waals surface area contributed by atoms with Crippen LogP contribution in [0, 0.1) is 12.8 Å². The van der Waals surface area contributed by atoms with E-state index < -0.39 is 0 Å². The van der Waals surface area contributed by atoms with Gasteiger partial charge >= 0.3 is 0 Å². The standard InChI is InChI=1S/C16H22N4O/c1-11-15-14(4-3-9-17-15)20-16(19-11)18-10-12-5-7-13(21-2)8-6-12/h3-4,9,12-13H,5-8,10H2,1-2H3,(H,18,19,20). The Labute approximate surface area is 125 Å². The van der Waals surface area contributed by atoms with Gasteiger partial charge in [-0.25, -0.2) is 9.97 Å². The fourth-order valence-corrected chi connectivity index (χ4v) is 3.00. The van der Waals surface area contributed by atoms with Gasteiger partial charge in [0.1, 0.15) is 5.52 Å². The van der Waals surface area contributed by atoms with Gasteiger partial charge in [-0.05, 0) is 50.7 Å². The molecular weight excluding hydrogens is 264 g/mol. The first-order valence-corrected chi connectivity index (χ1v) is 7.62. The SMILES string of the molecule is COC1CCC(CNc2nc(C)c3ncccc3n2)CC1. The van der Waals surface area contributed by atoms with Gasteiger partial charge in [0.15, 0.2) is 0 Å². The van der Waals surface area contributed by atoms with E-state index in [2.05, 4.69) is 20.3 Å². The largest absolute Gasteiger partial charge is 0.381 e. The molecule has 1 aliphatic rings. The molecule has 1 aliphatic carbocycles. The van der Waals surface area contributed by atoms with E-state index in [1.54, 1.807) is 6.20 Å². The van der Waals surface area contributed by atoms with Crippen molar-refractivity contribution >= 4 is 17.0 Å². The number of nitrogens with one attached hydrogen (secondary N) is 1. The van der Waals surface area contributed by atoms with E-state index in [0.29, 0.717) is 18.0 Å². The topological polar surface area (TPSA) is 59.9 Å². The number of rotatable bonds is 4. The summed E-state index contributed by atoms with van der Waals surface area (Å²) in [6, 6.07) is 3.89. The normalized spacial score (nSPS) is 22.4. The van der Waals surface area contributed by atoms with Crippen LogP contribution in [-0.2, 0) is 4.74 Å². The quantitative estimate of drug-likeness (QED) is 0.936. The molecule has 2 heterocycles. The third kappa shape index (κ3) is 3.29. The average molecular weight is 286 g/mol. The van der Waals surface area contributed by atoms with Crippen LogP contribution in [0.4, 0.5) is 5.95 Å². The summed E-state index contributed by atoms with van der Waals surface area (Å²) < 4.78 is 5.41. The maximum Gasteiger partial charge on any atom is 0.223 e. The molecular formula is C16H22N4O. The molecule has 0 bridgehead atoms. The molecule has 0 aromatic carbocycles. The van der Waals surface area contributed by atoms with Gasteiger partial charge in [0, 0.05) is 19.9 Å². The molecule has 0 unspecified atom stereocenters. The Morgan fingerprint density at radius 1 is 1.24 bits per heavy atom. The summed E-state index contributed by atoms with van der Waals surface area (Å²) in [6.07, 6.45) is 6.96. The number of ether oxygens (including phenoxy) is 1. The minimum Gasteiger partial charge on any atom is -0.381 e. The summed E-state index contributed by atoms with van der Waals surface area (Å²) in [5.74, 6) is 1.40. The van der Waals surface area contributed by atoms with E-state index in [1.165, 1.54) is 12.8 Å². The van der Waals surface area contributed by atoms with Crippen LogP contribution in [0.3, 0.4) is 0 Å². The highest BCUT2D eigenvalue weighted by Gasteiger charge is 2.20. The van der Waals surface area contributed by atoms with Crippen LogP contribution in [0.25, 0.3) is 11.0 Å². The number of methoxy groups -OCH3 is 1. The molecule has 1 N–H and O–H groups in total. The predicted molar refractivity (Wildman–Crippen MR) is 83.3 cm³/mol. The molecule has 5 nitrogen and oxygen atoms in total. The van der Waals surface area contributed by atoms with Crippen LogP contribution in [0.1, 0.15) is 31.4 Å². The molecule has 2 aromatic rings. The molecule has 2 aromatic heterocycles. The molecule has 0 atom stereocenters. The van der Waals surface area contributed by atoms with E-state index in [9.17, 15) is 0 Å². The van der Waals surface area contributed by atoms with Crippen molar-refractivity contribution in [2.75, 3.05) is 19.0 Å². The van der Waals surface area contributed by atoms with Crippen LogP contribution >= 0.6 is 0 Å². The van der Waals surface area contributed by atoms with Crippen molar-refractivity contribution in [3.05, 3.63) is 24.0 Å². The van der Waals surface area contributed by atoms with Crippen molar-refractivity contribution in [3.63, 3.8) is 0 Å². The number of hydrogen-bond donors (Lipinski definition) is 1. The molecule has 21 heavy (non-hydrogen) atoms. The number of aromatic nitrogens is 3. The number of fused-ring (bicyclic) bond motifs is 1. The number of anilines is 1. The third-order valence-corrected chi connectivity index (χ3v) is 4.31. The summed E-state index contributed by atoms with van der Waals surface area (Å²) in [6.45, 7) is 2.91. The Kier molecular flexibility index (Phi) is 4.29. The maximum atomic E-state index is 5.41. The van der Waals surface area contributed by atoms with Crippen molar-refractivity contribution in [1.29, 1.82) is 0 Å². The number of hydrogen-bond acceptors (Lipinski definition) is 5. The molecule has 3 rings (SSSR count). The highest BCUT2D eigenvalue weighted by atomic mass is 16.5.